The number of nitrogens with one attached hydrogen (secondary N) is 2. The van der Waals surface area contributed by atoms with Gasteiger partial charge >= 0.3 is 0 Å². The predicted molar refractivity (Wildman–Crippen MR) is 136 cm³/mol. The lowest BCUT2D eigenvalue weighted by molar-refractivity contribution is -0.126. The Labute approximate surface area is 220 Å². The highest BCUT2D eigenvalue weighted by Gasteiger charge is 2.60. The molecular formula is C29H33F4N3O2. The number of likely N-dealkylation sites (tertiary alicyclic amines) is 1. The number of alkyl halides is 2. The van der Waals surface area contributed by atoms with Gasteiger partial charge in [0.1, 0.15) is 0 Å². The summed E-state index contributed by atoms with van der Waals surface area (Å²) in [6, 6.07) is 10.4. The molecule has 2 aromatic carbocycles. The molecule has 3 atom stereocenters. The summed E-state index contributed by atoms with van der Waals surface area (Å²) in [5, 5.41) is 6.06. The zero-order chi connectivity index (χ0) is 27.0. The number of anilines is 1. The second-order valence-corrected chi connectivity index (χ2v) is 11.1. The number of benzene rings is 2. The molecule has 5 nitrogen and oxygen atoms in total. The van der Waals surface area contributed by atoms with Gasteiger partial charge in [-0.2, -0.15) is 0 Å². The summed E-state index contributed by atoms with van der Waals surface area (Å²) in [4.78, 5) is 27.5. The van der Waals surface area contributed by atoms with Crippen molar-refractivity contribution in [3.63, 3.8) is 0 Å². The van der Waals surface area contributed by atoms with Crippen molar-refractivity contribution >= 4 is 17.4 Å². The van der Waals surface area contributed by atoms with Gasteiger partial charge in [-0.05, 0) is 61.3 Å². The van der Waals surface area contributed by atoms with Crippen LogP contribution in [0.2, 0.25) is 0 Å². The summed E-state index contributed by atoms with van der Waals surface area (Å²) in [7, 11) is 0. The Kier molecular flexibility index (Phi) is 7.49. The minimum atomic E-state index is -2.97. The van der Waals surface area contributed by atoms with Crippen LogP contribution in [0, 0.1) is 29.4 Å². The number of piperidine rings is 1. The third-order valence-electron chi connectivity index (χ3n) is 8.32. The van der Waals surface area contributed by atoms with Crippen LogP contribution in [0.5, 0.6) is 0 Å². The molecule has 2 aliphatic carbocycles. The zero-order valence-electron chi connectivity index (χ0n) is 21.4. The van der Waals surface area contributed by atoms with Crippen molar-refractivity contribution in [2.24, 2.45) is 17.8 Å². The Hall–Kier alpha value is -2.94. The highest BCUT2D eigenvalue weighted by molar-refractivity contribution is 5.89. The molecule has 3 fully saturated rings. The fraction of sp³-hybridized carbons (Fsp3) is 0.517. The number of halogens is 4. The van der Waals surface area contributed by atoms with E-state index < -0.39 is 17.6 Å². The summed E-state index contributed by atoms with van der Waals surface area (Å²) in [6.45, 7) is 2.48. The first kappa shape index (κ1) is 26.7. The van der Waals surface area contributed by atoms with Gasteiger partial charge in [-0.25, -0.2) is 17.6 Å². The molecule has 2 saturated carbocycles. The van der Waals surface area contributed by atoms with E-state index in [1.165, 1.54) is 24.3 Å². The SMILES string of the molecule is CC(F)(F)c1cccc(CC(=O)CNC(=O)C2[C@H]3CN(C4CCC(Nc5ccc(F)c(F)c5)CC4)C[C@@H]23)c1. The number of hydrogen-bond donors (Lipinski definition) is 2. The van der Waals surface area contributed by atoms with Gasteiger partial charge in [0.2, 0.25) is 5.91 Å². The normalized spacial score (nSPS) is 27.0. The van der Waals surface area contributed by atoms with E-state index >= 15 is 0 Å². The van der Waals surface area contributed by atoms with Crippen LogP contribution in [-0.2, 0) is 21.9 Å². The summed E-state index contributed by atoms with van der Waals surface area (Å²) in [5.41, 5.74) is 0.977. The topological polar surface area (TPSA) is 61.4 Å². The van der Waals surface area contributed by atoms with Gasteiger partial charge in [0.05, 0.1) is 6.54 Å². The second-order valence-electron chi connectivity index (χ2n) is 11.1. The molecule has 2 aromatic rings. The number of rotatable bonds is 9. The monoisotopic (exact) mass is 531 g/mol. The van der Waals surface area contributed by atoms with Gasteiger partial charge in [0, 0.05) is 61.8 Å². The summed E-state index contributed by atoms with van der Waals surface area (Å²) in [6.07, 6.45) is 3.92. The van der Waals surface area contributed by atoms with Gasteiger partial charge in [-0.15, -0.1) is 0 Å². The van der Waals surface area contributed by atoms with E-state index in [0.29, 0.717) is 29.1 Å². The molecule has 1 unspecified atom stereocenters. The van der Waals surface area contributed by atoms with Crippen molar-refractivity contribution in [1.82, 2.24) is 10.2 Å². The van der Waals surface area contributed by atoms with Crippen LogP contribution in [0.25, 0.3) is 0 Å². The van der Waals surface area contributed by atoms with Crippen molar-refractivity contribution in [3.8, 4) is 0 Å². The number of hydrogen-bond acceptors (Lipinski definition) is 4. The van der Waals surface area contributed by atoms with Crippen molar-refractivity contribution < 1.29 is 27.2 Å². The van der Waals surface area contributed by atoms with Crippen LogP contribution in [0.15, 0.2) is 42.5 Å². The molecule has 1 aliphatic heterocycles. The Balaban J connectivity index is 1.01. The molecule has 204 valence electrons. The molecular weight excluding hydrogens is 498 g/mol. The summed E-state index contributed by atoms with van der Waals surface area (Å²) >= 11 is 0. The summed E-state index contributed by atoms with van der Waals surface area (Å²) < 4.78 is 53.7. The van der Waals surface area contributed by atoms with Crippen LogP contribution in [-0.4, -0.2) is 48.3 Å². The van der Waals surface area contributed by atoms with Gasteiger partial charge in [0.25, 0.3) is 5.92 Å². The molecule has 1 amide bonds. The molecule has 1 heterocycles. The highest BCUT2D eigenvalue weighted by atomic mass is 19.3. The van der Waals surface area contributed by atoms with Crippen LogP contribution >= 0.6 is 0 Å². The molecule has 3 aliphatic rings. The fourth-order valence-electron chi connectivity index (χ4n) is 6.20. The quantitative estimate of drug-likeness (QED) is 0.452. The average Bonchev–Trinajstić information content (AvgIpc) is 3.38. The van der Waals surface area contributed by atoms with Gasteiger partial charge in [-0.3, -0.25) is 14.5 Å². The van der Waals surface area contributed by atoms with E-state index in [1.54, 1.807) is 12.1 Å². The number of Topliss-reactive ketones (excluding diaryl/α,β-unsaturated/α-hetero) is 1. The lowest BCUT2D eigenvalue weighted by atomic mass is 9.90. The lowest BCUT2D eigenvalue weighted by Crippen LogP contribution is -2.42. The van der Waals surface area contributed by atoms with E-state index in [2.05, 4.69) is 15.5 Å². The largest absolute Gasteiger partial charge is 0.382 e. The van der Waals surface area contributed by atoms with Gasteiger partial charge < -0.3 is 10.6 Å². The first-order chi connectivity index (χ1) is 18.1. The molecule has 5 rings (SSSR count). The second kappa shape index (κ2) is 10.7. The number of carbonyl (C=O) groups is 2. The number of nitrogens with zero attached hydrogens (tertiary/aromatic N) is 1. The lowest BCUT2D eigenvalue weighted by Gasteiger charge is -2.36. The molecule has 9 heteroatoms. The molecule has 0 aromatic heterocycles. The van der Waals surface area contributed by atoms with Crippen molar-refractivity contribution in [3.05, 3.63) is 65.2 Å². The Morgan fingerprint density at radius 2 is 1.68 bits per heavy atom. The Morgan fingerprint density at radius 3 is 2.34 bits per heavy atom. The van der Waals surface area contributed by atoms with Crippen molar-refractivity contribution in [2.75, 3.05) is 25.0 Å². The van der Waals surface area contributed by atoms with E-state index in [4.69, 9.17) is 0 Å². The van der Waals surface area contributed by atoms with Gasteiger partial charge in [-0.1, -0.05) is 18.2 Å². The number of carbonyl (C=O) groups excluding carboxylic acids is 2. The first-order valence-corrected chi connectivity index (χ1v) is 13.3. The smallest absolute Gasteiger partial charge is 0.270 e. The Morgan fingerprint density at radius 1 is 0.974 bits per heavy atom. The van der Waals surface area contributed by atoms with Crippen molar-refractivity contribution in [2.45, 2.75) is 57.0 Å². The van der Waals surface area contributed by atoms with E-state index in [0.717, 1.165) is 51.8 Å². The highest BCUT2D eigenvalue weighted by Crippen LogP contribution is 2.53. The summed E-state index contributed by atoms with van der Waals surface area (Å²) in [5.74, 6) is -4.41. The molecule has 0 bridgehead atoms. The number of ketones is 1. The maximum atomic E-state index is 13.5. The van der Waals surface area contributed by atoms with E-state index in [9.17, 15) is 27.2 Å². The van der Waals surface area contributed by atoms with E-state index in [1.807, 2.05) is 0 Å². The van der Waals surface area contributed by atoms with Crippen LogP contribution in [0.1, 0.15) is 43.7 Å². The van der Waals surface area contributed by atoms with Crippen LogP contribution < -0.4 is 10.6 Å². The van der Waals surface area contributed by atoms with Crippen molar-refractivity contribution in [1.29, 1.82) is 0 Å². The fourth-order valence-corrected chi connectivity index (χ4v) is 6.20. The minimum absolute atomic E-state index is 0.00311. The molecule has 2 N–H and O–H groups in total. The minimum Gasteiger partial charge on any atom is -0.382 e. The van der Waals surface area contributed by atoms with Crippen LogP contribution in [0.4, 0.5) is 23.2 Å². The van der Waals surface area contributed by atoms with Gasteiger partial charge in [0.15, 0.2) is 17.4 Å². The van der Waals surface area contributed by atoms with E-state index in [-0.39, 0.29) is 42.2 Å². The predicted octanol–water partition coefficient (Wildman–Crippen LogP) is 4.91. The molecule has 0 radical (unpaired) electrons. The molecule has 0 spiro atoms. The maximum absolute atomic E-state index is 13.5. The molecule has 1 saturated heterocycles. The van der Waals surface area contributed by atoms with Crippen LogP contribution in [0.3, 0.4) is 0 Å². The molecule has 38 heavy (non-hydrogen) atoms. The maximum Gasteiger partial charge on any atom is 0.270 e. The number of amides is 1. The number of fused-ring (bicyclic) bond motifs is 1. The Bertz CT molecular complexity index is 1180. The standard InChI is InChI=1S/C29H33F4N3O2/c1-29(32,33)18-4-2-3-17(11-18)12-22(37)14-34-28(38)27-23-15-36(16-24(23)27)21-8-5-19(6-9-21)35-20-7-10-25(30)26(31)13-20/h2-4,7,10-11,13,19,21,23-24,27,35H,5-6,8-9,12,14-16H2,1H3,(H,34,38)/t19?,21?,23-,24+,27?. The average molecular weight is 532 g/mol. The zero-order valence-corrected chi connectivity index (χ0v) is 21.4. The third-order valence-corrected chi connectivity index (χ3v) is 8.32. The first-order valence-electron chi connectivity index (χ1n) is 13.3. The third kappa shape index (κ3) is 6.03.